The summed E-state index contributed by atoms with van der Waals surface area (Å²) in [5, 5.41) is 0. The molecule has 60 valence electrons. The van der Waals surface area contributed by atoms with E-state index in [1.54, 1.807) is 0 Å². The van der Waals surface area contributed by atoms with E-state index in [0.29, 0.717) is 0 Å². The molecule has 0 rings (SSSR count). The van der Waals surface area contributed by atoms with E-state index < -0.39 is 0 Å². The highest BCUT2D eigenvalue weighted by Crippen LogP contribution is 2.23. The molecule has 0 amide bonds. The van der Waals surface area contributed by atoms with Gasteiger partial charge >= 0.3 is 0 Å². The summed E-state index contributed by atoms with van der Waals surface area (Å²) >= 11 is 0. The van der Waals surface area contributed by atoms with Crippen LogP contribution in [0.2, 0.25) is 0 Å². The van der Waals surface area contributed by atoms with Gasteiger partial charge in [0.25, 0.3) is 0 Å². The van der Waals surface area contributed by atoms with Crippen molar-refractivity contribution in [1.82, 2.24) is 0 Å². The molecular formula is C11H16. The van der Waals surface area contributed by atoms with Crippen molar-refractivity contribution in [3.8, 4) is 0 Å². The number of allylic oxidation sites excluding steroid dienone is 3. The van der Waals surface area contributed by atoms with Gasteiger partial charge in [-0.05, 0) is 26.0 Å². The average Bonchev–Trinajstić information content (AvgIpc) is 2.02. The van der Waals surface area contributed by atoms with E-state index in [2.05, 4.69) is 44.0 Å². The molecule has 1 unspecified atom stereocenters. The zero-order chi connectivity index (χ0) is 8.74. The molecule has 0 saturated carbocycles. The van der Waals surface area contributed by atoms with Gasteiger partial charge in [-0.1, -0.05) is 37.5 Å². The number of hydrogen-bond donors (Lipinski definition) is 0. The molecule has 0 aromatic carbocycles. The van der Waals surface area contributed by atoms with Crippen LogP contribution in [-0.2, 0) is 0 Å². The topological polar surface area (TPSA) is 0 Å². The second-order valence-corrected chi connectivity index (χ2v) is 2.82. The Kier molecular flexibility index (Phi) is 4.38. The minimum absolute atomic E-state index is 0.124. The lowest BCUT2D eigenvalue weighted by atomic mass is 9.87. The first-order valence-electron chi connectivity index (χ1n) is 3.94. The van der Waals surface area contributed by atoms with E-state index in [-0.39, 0.29) is 5.41 Å². The Morgan fingerprint density at radius 3 is 2.55 bits per heavy atom. The van der Waals surface area contributed by atoms with Gasteiger partial charge in [0.2, 0.25) is 0 Å². The summed E-state index contributed by atoms with van der Waals surface area (Å²) < 4.78 is 0. The lowest BCUT2D eigenvalue weighted by molar-refractivity contribution is 0.530. The monoisotopic (exact) mass is 148 g/mol. The maximum atomic E-state index is 3.47. The van der Waals surface area contributed by atoms with Crippen molar-refractivity contribution in [1.29, 1.82) is 0 Å². The van der Waals surface area contributed by atoms with Crippen LogP contribution in [0, 0.1) is 5.41 Å². The van der Waals surface area contributed by atoms with E-state index >= 15 is 0 Å². The Balaban J connectivity index is 4.59. The highest BCUT2D eigenvalue weighted by atomic mass is 14.2. The molecule has 0 aromatic heterocycles. The third-order valence-electron chi connectivity index (χ3n) is 1.81. The van der Waals surface area contributed by atoms with Crippen LogP contribution in [-0.4, -0.2) is 0 Å². The SMILES string of the molecule is C=C=C=CC(C)(C=CC)CC. The Labute approximate surface area is 69.6 Å². The summed E-state index contributed by atoms with van der Waals surface area (Å²) in [6.07, 6.45) is 7.30. The van der Waals surface area contributed by atoms with Crippen LogP contribution in [0.5, 0.6) is 0 Å². The first kappa shape index (κ1) is 10.0. The molecule has 0 radical (unpaired) electrons. The molecule has 0 fully saturated rings. The first-order chi connectivity index (χ1) is 5.18. The zero-order valence-corrected chi connectivity index (χ0v) is 7.65. The van der Waals surface area contributed by atoms with Gasteiger partial charge in [-0.25, -0.2) is 0 Å². The Bertz CT molecular complexity index is 210. The van der Waals surface area contributed by atoms with Crippen LogP contribution in [0.15, 0.2) is 36.3 Å². The second kappa shape index (κ2) is 4.79. The largest absolute Gasteiger partial charge is 0.0908 e. The smallest absolute Gasteiger partial charge is 0.0112 e. The van der Waals surface area contributed by atoms with Gasteiger partial charge in [0.15, 0.2) is 0 Å². The van der Waals surface area contributed by atoms with Crippen molar-refractivity contribution in [2.75, 3.05) is 0 Å². The maximum Gasteiger partial charge on any atom is 0.0112 e. The third-order valence-corrected chi connectivity index (χ3v) is 1.81. The standard InChI is InChI=1S/C11H16/c1-5-8-10-11(4,7-3)9-6-2/h6,9-10H,1,7H2,2-4H3. The van der Waals surface area contributed by atoms with Crippen LogP contribution in [0.4, 0.5) is 0 Å². The molecule has 0 N–H and O–H groups in total. The summed E-state index contributed by atoms with van der Waals surface area (Å²) in [6.45, 7) is 9.81. The molecule has 1 atom stereocenters. The Hall–Kier alpha value is -0.960. The van der Waals surface area contributed by atoms with Crippen molar-refractivity contribution in [2.45, 2.75) is 27.2 Å². The summed E-state index contributed by atoms with van der Waals surface area (Å²) in [6, 6.07) is 0. The maximum absolute atomic E-state index is 3.47. The van der Waals surface area contributed by atoms with Crippen molar-refractivity contribution >= 4 is 0 Å². The van der Waals surface area contributed by atoms with E-state index in [9.17, 15) is 0 Å². The number of rotatable bonds is 3. The molecule has 0 aliphatic rings. The van der Waals surface area contributed by atoms with E-state index in [0.717, 1.165) is 6.42 Å². The van der Waals surface area contributed by atoms with Crippen molar-refractivity contribution < 1.29 is 0 Å². The quantitative estimate of drug-likeness (QED) is 0.424. The second-order valence-electron chi connectivity index (χ2n) is 2.82. The lowest BCUT2D eigenvalue weighted by Crippen LogP contribution is -2.06. The van der Waals surface area contributed by atoms with Crippen molar-refractivity contribution in [3.63, 3.8) is 0 Å². The fourth-order valence-corrected chi connectivity index (χ4v) is 0.865. The molecular weight excluding hydrogens is 132 g/mol. The minimum Gasteiger partial charge on any atom is -0.0908 e. The van der Waals surface area contributed by atoms with Crippen molar-refractivity contribution in [2.24, 2.45) is 5.41 Å². The van der Waals surface area contributed by atoms with Gasteiger partial charge in [0, 0.05) is 5.41 Å². The molecule has 0 spiro atoms. The fraction of sp³-hybridized carbons (Fsp3) is 0.455. The summed E-state index contributed by atoms with van der Waals surface area (Å²) in [5.74, 6) is 0. The predicted octanol–water partition coefficient (Wildman–Crippen LogP) is 3.48. The van der Waals surface area contributed by atoms with Crippen LogP contribution < -0.4 is 0 Å². The van der Waals surface area contributed by atoms with Crippen LogP contribution >= 0.6 is 0 Å². The van der Waals surface area contributed by atoms with Gasteiger partial charge in [0.05, 0.1) is 0 Å². The highest BCUT2D eigenvalue weighted by molar-refractivity contribution is 5.07. The van der Waals surface area contributed by atoms with E-state index in [1.165, 1.54) is 0 Å². The first-order valence-corrected chi connectivity index (χ1v) is 3.94. The summed E-state index contributed by atoms with van der Waals surface area (Å²) in [7, 11) is 0. The lowest BCUT2D eigenvalue weighted by Gasteiger charge is -2.17. The molecule has 11 heavy (non-hydrogen) atoms. The van der Waals surface area contributed by atoms with Gasteiger partial charge in [-0.15, -0.1) is 0 Å². The molecule has 0 nitrogen and oxygen atoms in total. The Morgan fingerprint density at radius 1 is 1.55 bits per heavy atom. The number of hydrogen-bond acceptors (Lipinski definition) is 0. The van der Waals surface area contributed by atoms with Crippen LogP contribution in [0.25, 0.3) is 0 Å². The minimum atomic E-state index is 0.124. The molecule has 0 aromatic rings. The highest BCUT2D eigenvalue weighted by Gasteiger charge is 2.12. The van der Waals surface area contributed by atoms with Gasteiger partial charge in [0.1, 0.15) is 0 Å². The molecule has 0 heterocycles. The van der Waals surface area contributed by atoms with Crippen LogP contribution in [0.3, 0.4) is 0 Å². The van der Waals surface area contributed by atoms with Crippen molar-refractivity contribution in [3.05, 3.63) is 36.3 Å². The van der Waals surface area contributed by atoms with Gasteiger partial charge in [-0.3, -0.25) is 0 Å². The molecule has 0 bridgehead atoms. The van der Waals surface area contributed by atoms with Gasteiger partial charge < -0.3 is 0 Å². The normalized spacial score (nSPS) is 15.2. The third kappa shape index (κ3) is 3.68. The molecule has 0 aliphatic carbocycles. The van der Waals surface area contributed by atoms with E-state index in [1.807, 2.05) is 13.0 Å². The Morgan fingerprint density at radius 2 is 2.18 bits per heavy atom. The molecule has 0 aliphatic heterocycles. The predicted molar refractivity (Wildman–Crippen MR) is 50.4 cm³/mol. The average molecular weight is 148 g/mol. The zero-order valence-electron chi connectivity index (χ0n) is 7.65. The molecule has 0 saturated heterocycles. The summed E-state index contributed by atoms with van der Waals surface area (Å²) in [4.78, 5) is 0. The van der Waals surface area contributed by atoms with Crippen LogP contribution in [0.1, 0.15) is 27.2 Å². The van der Waals surface area contributed by atoms with E-state index in [4.69, 9.17) is 0 Å². The fourth-order valence-electron chi connectivity index (χ4n) is 0.865. The summed E-state index contributed by atoms with van der Waals surface area (Å²) in [5.41, 5.74) is 5.64. The van der Waals surface area contributed by atoms with Gasteiger partial charge in [-0.2, -0.15) is 0 Å². The molecule has 0 heteroatoms.